The van der Waals surface area contributed by atoms with Crippen LogP contribution in [0.3, 0.4) is 0 Å². The quantitative estimate of drug-likeness (QED) is 0.686. The van der Waals surface area contributed by atoms with Crippen LogP contribution >= 0.6 is 15.9 Å². The van der Waals surface area contributed by atoms with Crippen LogP contribution in [0, 0.1) is 6.92 Å². The fourth-order valence-corrected chi connectivity index (χ4v) is 2.22. The molecule has 3 rings (SSSR count). The minimum Gasteiger partial charge on any atom is -0.261 e. The number of nitrogens with zero attached hydrogens (tertiary/aromatic N) is 3. The SMILES string of the molecule is Cc1ccc(-n2ncc3c(Br)cncc32)cc1. The second-order valence-electron chi connectivity index (χ2n) is 3.95. The normalized spacial score (nSPS) is 10.9. The van der Waals surface area contributed by atoms with E-state index in [1.807, 2.05) is 17.1 Å². The Bertz CT molecular complexity index is 671. The van der Waals surface area contributed by atoms with Gasteiger partial charge >= 0.3 is 0 Å². The Labute approximate surface area is 107 Å². The number of aromatic nitrogens is 3. The van der Waals surface area contributed by atoms with Gasteiger partial charge in [0.25, 0.3) is 0 Å². The van der Waals surface area contributed by atoms with Gasteiger partial charge in [0.1, 0.15) is 0 Å². The fourth-order valence-electron chi connectivity index (χ4n) is 1.80. The maximum absolute atomic E-state index is 4.40. The molecule has 0 saturated heterocycles. The van der Waals surface area contributed by atoms with Crippen molar-refractivity contribution in [1.29, 1.82) is 0 Å². The van der Waals surface area contributed by atoms with Crippen molar-refractivity contribution >= 4 is 26.8 Å². The van der Waals surface area contributed by atoms with Crippen LogP contribution < -0.4 is 0 Å². The van der Waals surface area contributed by atoms with Crippen molar-refractivity contribution in [2.75, 3.05) is 0 Å². The largest absolute Gasteiger partial charge is 0.261 e. The molecule has 0 saturated carbocycles. The third-order valence-electron chi connectivity index (χ3n) is 2.73. The highest BCUT2D eigenvalue weighted by Crippen LogP contribution is 2.24. The zero-order chi connectivity index (χ0) is 11.8. The molecule has 2 heterocycles. The van der Waals surface area contributed by atoms with Crippen molar-refractivity contribution < 1.29 is 0 Å². The Balaban J connectivity index is 2.24. The molecule has 84 valence electrons. The first-order valence-corrected chi connectivity index (χ1v) is 6.09. The first-order chi connectivity index (χ1) is 8.25. The van der Waals surface area contributed by atoms with Crippen LogP contribution in [0.1, 0.15) is 5.56 Å². The molecule has 4 heteroatoms. The van der Waals surface area contributed by atoms with Gasteiger partial charge in [-0.2, -0.15) is 5.10 Å². The molecule has 3 nitrogen and oxygen atoms in total. The van der Waals surface area contributed by atoms with Gasteiger partial charge in [-0.25, -0.2) is 4.68 Å². The molecule has 0 bridgehead atoms. The number of halogens is 1. The topological polar surface area (TPSA) is 30.7 Å². The molecule has 0 unspecified atom stereocenters. The number of rotatable bonds is 1. The predicted octanol–water partition coefficient (Wildman–Crippen LogP) is 3.49. The molecular formula is C13H10BrN3. The Kier molecular flexibility index (Phi) is 2.44. The number of hydrogen-bond acceptors (Lipinski definition) is 2. The van der Waals surface area contributed by atoms with E-state index in [-0.39, 0.29) is 0 Å². The molecule has 2 aromatic heterocycles. The van der Waals surface area contributed by atoms with Gasteiger partial charge in [0.15, 0.2) is 0 Å². The standard InChI is InChI=1S/C13H10BrN3/c1-9-2-4-10(5-3-9)17-13-8-15-7-12(14)11(13)6-16-17/h2-8H,1H3. The lowest BCUT2D eigenvalue weighted by atomic mass is 10.2. The average molecular weight is 288 g/mol. The van der Waals surface area contributed by atoms with Crippen LogP contribution in [-0.2, 0) is 0 Å². The van der Waals surface area contributed by atoms with E-state index in [0.717, 1.165) is 21.1 Å². The molecular weight excluding hydrogens is 278 g/mol. The Morgan fingerprint density at radius 2 is 1.82 bits per heavy atom. The highest BCUT2D eigenvalue weighted by molar-refractivity contribution is 9.10. The van der Waals surface area contributed by atoms with Crippen molar-refractivity contribution in [3.8, 4) is 5.69 Å². The maximum atomic E-state index is 4.40. The summed E-state index contributed by atoms with van der Waals surface area (Å²) in [6.07, 6.45) is 5.46. The first-order valence-electron chi connectivity index (χ1n) is 5.30. The predicted molar refractivity (Wildman–Crippen MR) is 71.3 cm³/mol. The Morgan fingerprint density at radius 3 is 2.59 bits per heavy atom. The third-order valence-corrected chi connectivity index (χ3v) is 3.36. The number of benzene rings is 1. The third kappa shape index (κ3) is 1.74. The molecule has 0 atom stereocenters. The van der Waals surface area contributed by atoms with Gasteiger partial charge in [-0.15, -0.1) is 0 Å². The van der Waals surface area contributed by atoms with Crippen LogP contribution in [0.15, 0.2) is 47.3 Å². The Morgan fingerprint density at radius 1 is 1.06 bits per heavy atom. The van der Waals surface area contributed by atoms with Gasteiger partial charge in [0.05, 0.1) is 23.6 Å². The highest BCUT2D eigenvalue weighted by atomic mass is 79.9. The lowest BCUT2D eigenvalue weighted by molar-refractivity contribution is 0.908. The van der Waals surface area contributed by atoms with Gasteiger partial charge in [-0.05, 0) is 35.0 Å². The minimum absolute atomic E-state index is 0.966. The van der Waals surface area contributed by atoms with Crippen LogP contribution in [-0.4, -0.2) is 14.8 Å². The molecule has 0 aliphatic heterocycles. The number of pyridine rings is 1. The summed E-state index contributed by atoms with van der Waals surface area (Å²) in [6.45, 7) is 2.07. The van der Waals surface area contributed by atoms with Crippen molar-refractivity contribution in [2.24, 2.45) is 0 Å². The maximum Gasteiger partial charge on any atom is 0.0935 e. The van der Waals surface area contributed by atoms with E-state index < -0.39 is 0 Å². The van der Waals surface area contributed by atoms with Crippen LogP contribution in [0.4, 0.5) is 0 Å². The molecule has 17 heavy (non-hydrogen) atoms. The van der Waals surface area contributed by atoms with Crippen molar-refractivity contribution in [3.63, 3.8) is 0 Å². The lowest BCUT2D eigenvalue weighted by Gasteiger charge is -2.03. The molecule has 1 aromatic carbocycles. The number of aryl methyl sites for hydroxylation is 1. The molecule has 0 N–H and O–H groups in total. The summed E-state index contributed by atoms with van der Waals surface area (Å²) in [6, 6.07) is 8.27. The Hall–Kier alpha value is -1.68. The number of hydrogen-bond donors (Lipinski definition) is 0. The smallest absolute Gasteiger partial charge is 0.0935 e. The van der Waals surface area contributed by atoms with Gasteiger partial charge in [-0.3, -0.25) is 4.98 Å². The van der Waals surface area contributed by atoms with Crippen LogP contribution in [0.2, 0.25) is 0 Å². The van der Waals surface area contributed by atoms with Gasteiger partial charge in [0, 0.05) is 16.1 Å². The molecule has 3 aromatic rings. The van der Waals surface area contributed by atoms with E-state index in [1.165, 1.54) is 5.56 Å². The van der Waals surface area contributed by atoms with Crippen molar-refractivity contribution in [1.82, 2.24) is 14.8 Å². The summed E-state index contributed by atoms with van der Waals surface area (Å²) in [5.74, 6) is 0. The summed E-state index contributed by atoms with van der Waals surface area (Å²) < 4.78 is 2.86. The summed E-state index contributed by atoms with van der Waals surface area (Å²) in [7, 11) is 0. The summed E-state index contributed by atoms with van der Waals surface area (Å²) in [5, 5.41) is 5.47. The summed E-state index contributed by atoms with van der Waals surface area (Å²) in [5.41, 5.74) is 3.29. The molecule has 0 spiro atoms. The van der Waals surface area contributed by atoms with Crippen molar-refractivity contribution in [2.45, 2.75) is 6.92 Å². The lowest BCUT2D eigenvalue weighted by Crippen LogP contribution is -1.95. The second-order valence-corrected chi connectivity index (χ2v) is 4.80. The monoisotopic (exact) mass is 287 g/mol. The molecule has 0 radical (unpaired) electrons. The molecule has 0 aliphatic rings. The fraction of sp³-hybridized carbons (Fsp3) is 0.0769. The van der Waals surface area contributed by atoms with Crippen molar-refractivity contribution in [3.05, 3.63) is 52.9 Å². The van der Waals surface area contributed by atoms with E-state index in [4.69, 9.17) is 0 Å². The first kappa shape index (κ1) is 10.5. The summed E-state index contributed by atoms with van der Waals surface area (Å²) >= 11 is 3.48. The highest BCUT2D eigenvalue weighted by Gasteiger charge is 2.07. The zero-order valence-corrected chi connectivity index (χ0v) is 10.8. The number of fused-ring (bicyclic) bond motifs is 1. The second kappa shape index (κ2) is 3.96. The summed E-state index contributed by atoms with van der Waals surface area (Å²) in [4.78, 5) is 4.18. The average Bonchev–Trinajstić information content (AvgIpc) is 2.75. The van der Waals surface area contributed by atoms with E-state index in [9.17, 15) is 0 Å². The zero-order valence-electron chi connectivity index (χ0n) is 9.26. The molecule has 0 fully saturated rings. The van der Waals surface area contributed by atoms with E-state index in [0.29, 0.717) is 0 Å². The van der Waals surface area contributed by atoms with Gasteiger partial charge in [-0.1, -0.05) is 17.7 Å². The van der Waals surface area contributed by atoms with Crippen LogP contribution in [0.25, 0.3) is 16.6 Å². The van der Waals surface area contributed by atoms with Crippen LogP contribution in [0.5, 0.6) is 0 Å². The van der Waals surface area contributed by atoms with Gasteiger partial charge in [0.2, 0.25) is 0 Å². The van der Waals surface area contributed by atoms with Gasteiger partial charge < -0.3 is 0 Å². The van der Waals surface area contributed by atoms with E-state index in [1.54, 1.807) is 6.20 Å². The molecule has 0 aliphatic carbocycles. The van der Waals surface area contributed by atoms with E-state index in [2.05, 4.69) is 57.2 Å². The molecule has 0 amide bonds. The minimum atomic E-state index is 0.966. The van der Waals surface area contributed by atoms with E-state index >= 15 is 0 Å².